The molecule has 2 unspecified atom stereocenters. The molecule has 2 amide bonds. The number of anilines is 1. The lowest BCUT2D eigenvalue weighted by Gasteiger charge is -2.10. The van der Waals surface area contributed by atoms with Gasteiger partial charge in [0.15, 0.2) is 0 Å². The lowest BCUT2D eigenvalue weighted by Crippen LogP contribution is -2.31. The first-order valence-corrected chi connectivity index (χ1v) is 5.89. The van der Waals surface area contributed by atoms with Crippen LogP contribution in [0.15, 0.2) is 18.2 Å². The quantitative estimate of drug-likeness (QED) is 0.767. The molecule has 1 aromatic carbocycles. The highest BCUT2D eigenvalue weighted by atomic mass is 16.4. The maximum absolute atomic E-state index is 11.6. The second kappa shape index (κ2) is 4.68. The van der Waals surface area contributed by atoms with Crippen LogP contribution in [-0.4, -0.2) is 23.1 Å². The summed E-state index contributed by atoms with van der Waals surface area (Å²) in [7, 11) is 0. The van der Waals surface area contributed by atoms with Crippen LogP contribution in [0.25, 0.3) is 0 Å². The molecule has 1 aliphatic carbocycles. The van der Waals surface area contributed by atoms with Crippen molar-refractivity contribution < 1.29 is 14.7 Å². The second-order valence-corrected chi connectivity index (χ2v) is 4.75. The number of carboxylic acids is 1. The van der Waals surface area contributed by atoms with Gasteiger partial charge in [-0.1, -0.05) is 6.92 Å². The van der Waals surface area contributed by atoms with Crippen molar-refractivity contribution in [1.82, 2.24) is 5.32 Å². The zero-order valence-electron chi connectivity index (χ0n) is 10.4. The summed E-state index contributed by atoms with van der Waals surface area (Å²) < 4.78 is 0. The predicted molar refractivity (Wildman–Crippen MR) is 67.9 cm³/mol. The minimum atomic E-state index is -0.971. The molecule has 0 aromatic heterocycles. The number of carboxylic acid groups (broad SMARTS) is 1. The molecule has 0 saturated heterocycles. The minimum Gasteiger partial charge on any atom is -0.478 e. The normalized spacial score (nSPS) is 21.2. The van der Waals surface area contributed by atoms with E-state index in [-0.39, 0.29) is 17.6 Å². The van der Waals surface area contributed by atoms with Gasteiger partial charge in [-0.3, -0.25) is 0 Å². The van der Waals surface area contributed by atoms with E-state index in [0.29, 0.717) is 11.6 Å². The highest BCUT2D eigenvalue weighted by Crippen LogP contribution is 2.29. The highest BCUT2D eigenvalue weighted by molar-refractivity contribution is 5.92. The van der Waals surface area contributed by atoms with Gasteiger partial charge in [-0.2, -0.15) is 0 Å². The lowest BCUT2D eigenvalue weighted by molar-refractivity contribution is 0.0697. The number of benzene rings is 1. The van der Waals surface area contributed by atoms with Crippen molar-refractivity contribution in [3.05, 3.63) is 29.3 Å². The van der Waals surface area contributed by atoms with Crippen molar-refractivity contribution in [3.8, 4) is 0 Å². The number of carbonyl (C=O) groups is 2. The fraction of sp³-hybridized carbons (Fsp3) is 0.385. The van der Waals surface area contributed by atoms with E-state index in [2.05, 4.69) is 17.6 Å². The summed E-state index contributed by atoms with van der Waals surface area (Å²) in [5, 5.41) is 14.4. The first kappa shape index (κ1) is 12.4. The number of amides is 2. The Kier molecular flexibility index (Phi) is 3.23. The van der Waals surface area contributed by atoms with Crippen molar-refractivity contribution in [2.24, 2.45) is 5.92 Å². The molecule has 5 nitrogen and oxygen atoms in total. The van der Waals surface area contributed by atoms with E-state index in [1.165, 1.54) is 12.1 Å². The number of carbonyl (C=O) groups excluding carboxylic acids is 1. The van der Waals surface area contributed by atoms with Crippen molar-refractivity contribution in [2.45, 2.75) is 26.3 Å². The second-order valence-electron chi connectivity index (χ2n) is 4.75. The third-order valence-corrected chi connectivity index (χ3v) is 3.15. The van der Waals surface area contributed by atoms with Crippen LogP contribution in [0.1, 0.15) is 29.3 Å². The Labute approximate surface area is 105 Å². The Morgan fingerprint density at radius 2 is 2.06 bits per heavy atom. The molecule has 0 aliphatic heterocycles. The fourth-order valence-corrected chi connectivity index (χ4v) is 1.79. The maximum atomic E-state index is 11.6. The van der Waals surface area contributed by atoms with E-state index < -0.39 is 5.97 Å². The van der Waals surface area contributed by atoms with Crippen molar-refractivity contribution in [3.63, 3.8) is 0 Å². The summed E-state index contributed by atoms with van der Waals surface area (Å²) in [6, 6.07) is 4.65. The SMILES string of the molecule is Cc1cc(C(=O)O)ccc1NC(=O)NC1CC1C. The molecule has 0 spiro atoms. The molecule has 96 valence electrons. The van der Waals surface area contributed by atoms with Gasteiger partial charge in [-0.05, 0) is 43.0 Å². The monoisotopic (exact) mass is 248 g/mol. The zero-order chi connectivity index (χ0) is 13.3. The van der Waals surface area contributed by atoms with Crippen LogP contribution in [-0.2, 0) is 0 Å². The molecular weight excluding hydrogens is 232 g/mol. The summed E-state index contributed by atoms with van der Waals surface area (Å²) in [6.07, 6.45) is 1.02. The molecule has 3 N–H and O–H groups in total. The molecule has 1 aromatic rings. The summed E-state index contributed by atoms with van der Waals surface area (Å²) in [4.78, 5) is 22.4. The van der Waals surface area contributed by atoms with E-state index in [9.17, 15) is 9.59 Å². The molecule has 0 bridgehead atoms. The van der Waals surface area contributed by atoms with Crippen LogP contribution < -0.4 is 10.6 Å². The molecule has 0 heterocycles. The van der Waals surface area contributed by atoms with Gasteiger partial charge in [-0.15, -0.1) is 0 Å². The van der Waals surface area contributed by atoms with Crippen molar-refractivity contribution in [2.75, 3.05) is 5.32 Å². The summed E-state index contributed by atoms with van der Waals surface area (Å²) in [5.41, 5.74) is 1.58. The fourth-order valence-electron chi connectivity index (χ4n) is 1.79. The number of urea groups is 1. The predicted octanol–water partition coefficient (Wildman–Crippen LogP) is 2.22. The van der Waals surface area contributed by atoms with Gasteiger partial charge < -0.3 is 15.7 Å². The summed E-state index contributed by atoms with van der Waals surface area (Å²) >= 11 is 0. The molecule has 1 saturated carbocycles. The van der Waals surface area contributed by atoms with Crippen LogP contribution in [0.2, 0.25) is 0 Å². The number of hydrogen-bond donors (Lipinski definition) is 3. The van der Waals surface area contributed by atoms with Crippen LogP contribution in [0.5, 0.6) is 0 Å². The van der Waals surface area contributed by atoms with Crippen LogP contribution >= 0.6 is 0 Å². The van der Waals surface area contributed by atoms with Crippen molar-refractivity contribution in [1.29, 1.82) is 0 Å². The van der Waals surface area contributed by atoms with Crippen LogP contribution in [0.4, 0.5) is 10.5 Å². The molecule has 1 aliphatic rings. The number of nitrogens with one attached hydrogen (secondary N) is 2. The first-order chi connectivity index (χ1) is 8.47. The van der Waals surface area contributed by atoms with Crippen LogP contribution in [0, 0.1) is 12.8 Å². The van der Waals surface area contributed by atoms with E-state index in [1.54, 1.807) is 13.0 Å². The van der Waals surface area contributed by atoms with Gasteiger partial charge in [0.05, 0.1) is 5.56 Å². The van der Waals surface area contributed by atoms with Crippen LogP contribution in [0.3, 0.4) is 0 Å². The van der Waals surface area contributed by atoms with Gasteiger partial charge in [0.25, 0.3) is 0 Å². The standard InChI is InChI=1S/C13H16N2O3/c1-7-5-9(12(16)17)3-4-10(7)14-13(18)15-11-6-8(11)2/h3-5,8,11H,6H2,1-2H3,(H,16,17)(H2,14,15,18). The van der Waals surface area contributed by atoms with Gasteiger partial charge >= 0.3 is 12.0 Å². The number of rotatable bonds is 3. The Balaban J connectivity index is 2.00. The minimum absolute atomic E-state index is 0.217. The molecule has 0 radical (unpaired) electrons. The average molecular weight is 248 g/mol. The van der Waals surface area contributed by atoms with Gasteiger partial charge in [0, 0.05) is 11.7 Å². The van der Waals surface area contributed by atoms with Crippen molar-refractivity contribution >= 4 is 17.7 Å². The average Bonchev–Trinajstić information content (AvgIpc) is 2.96. The van der Waals surface area contributed by atoms with Gasteiger partial charge in [0.1, 0.15) is 0 Å². The third kappa shape index (κ3) is 2.80. The zero-order valence-corrected chi connectivity index (χ0v) is 10.4. The largest absolute Gasteiger partial charge is 0.478 e. The Morgan fingerprint density at radius 1 is 1.39 bits per heavy atom. The Morgan fingerprint density at radius 3 is 2.56 bits per heavy atom. The van der Waals surface area contributed by atoms with E-state index in [1.807, 2.05) is 0 Å². The third-order valence-electron chi connectivity index (χ3n) is 3.15. The summed E-state index contributed by atoms with van der Waals surface area (Å²) in [6.45, 7) is 3.85. The van der Waals surface area contributed by atoms with Gasteiger partial charge in [0.2, 0.25) is 0 Å². The number of aryl methyl sites for hydroxylation is 1. The lowest BCUT2D eigenvalue weighted by atomic mass is 10.1. The molecular formula is C13H16N2O3. The topological polar surface area (TPSA) is 78.4 Å². The van der Waals surface area contributed by atoms with E-state index >= 15 is 0 Å². The van der Waals surface area contributed by atoms with E-state index in [4.69, 9.17) is 5.11 Å². The molecule has 5 heteroatoms. The highest BCUT2D eigenvalue weighted by Gasteiger charge is 2.33. The Hall–Kier alpha value is -2.04. The molecule has 1 fully saturated rings. The van der Waals surface area contributed by atoms with Gasteiger partial charge in [-0.25, -0.2) is 9.59 Å². The molecule has 2 rings (SSSR count). The van der Waals surface area contributed by atoms with E-state index in [0.717, 1.165) is 12.0 Å². The first-order valence-electron chi connectivity index (χ1n) is 5.89. The Bertz CT molecular complexity index is 499. The maximum Gasteiger partial charge on any atom is 0.335 e. The smallest absolute Gasteiger partial charge is 0.335 e. The summed E-state index contributed by atoms with van der Waals surface area (Å²) in [5.74, 6) is -0.424. The molecule has 18 heavy (non-hydrogen) atoms. The molecule has 2 atom stereocenters. The number of aromatic carboxylic acids is 1. The number of hydrogen-bond acceptors (Lipinski definition) is 2.